The summed E-state index contributed by atoms with van der Waals surface area (Å²) in [5.74, 6) is -2.29. The molecule has 0 atom stereocenters. The molecule has 7 nitrogen and oxygen atoms in total. The van der Waals surface area contributed by atoms with Crippen LogP contribution in [0.5, 0.6) is 5.75 Å². The van der Waals surface area contributed by atoms with Crippen LogP contribution >= 0.6 is 11.6 Å². The lowest BCUT2D eigenvalue weighted by atomic mass is 10.0. The summed E-state index contributed by atoms with van der Waals surface area (Å²) in [5.41, 5.74) is 6.14. The molecule has 1 aliphatic heterocycles. The van der Waals surface area contributed by atoms with Gasteiger partial charge in [0.15, 0.2) is 0 Å². The summed E-state index contributed by atoms with van der Waals surface area (Å²) in [6.45, 7) is 3.34. The molecule has 0 bridgehead atoms. The van der Waals surface area contributed by atoms with Gasteiger partial charge in [-0.25, -0.2) is 4.79 Å². The third-order valence-corrected chi connectivity index (χ3v) is 5.70. The molecular weight excluding hydrogens is 487 g/mol. The van der Waals surface area contributed by atoms with Gasteiger partial charge >= 0.3 is 12.1 Å². The molecule has 1 amide bonds. The number of carboxylic acid groups (broad SMARTS) is 1. The number of fused-ring (bicyclic) bond motifs is 1. The second kappa shape index (κ2) is 10.8. The summed E-state index contributed by atoms with van der Waals surface area (Å²) in [7, 11) is 1.55. The maximum absolute atomic E-state index is 13.1. The number of benzene rings is 2. The molecule has 35 heavy (non-hydrogen) atoms. The lowest BCUT2D eigenvalue weighted by Gasteiger charge is -2.21. The smallest absolute Gasteiger partial charge is 0.490 e. The maximum atomic E-state index is 13.1. The molecular formula is C24H23ClF3N3O4. The molecule has 2 heterocycles. The molecule has 2 aromatic carbocycles. The molecule has 3 aromatic rings. The van der Waals surface area contributed by atoms with E-state index in [0.29, 0.717) is 29.4 Å². The van der Waals surface area contributed by atoms with E-state index in [0.717, 1.165) is 29.8 Å². The van der Waals surface area contributed by atoms with Crippen LogP contribution in [0, 0.1) is 6.92 Å². The zero-order chi connectivity index (χ0) is 25.8. The van der Waals surface area contributed by atoms with Gasteiger partial charge in [0.1, 0.15) is 5.75 Å². The highest BCUT2D eigenvalue weighted by Crippen LogP contribution is 2.29. The van der Waals surface area contributed by atoms with Crippen LogP contribution in [0.2, 0.25) is 5.02 Å². The number of carboxylic acids is 1. The number of amides is 1. The Kier molecular flexibility index (Phi) is 8.06. The lowest BCUT2D eigenvalue weighted by Crippen LogP contribution is -2.33. The van der Waals surface area contributed by atoms with Gasteiger partial charge in [-0.15, -0.1) is 0 Å². The summed E-state index contributed by atoms with van der Waals surface area (Å²) in [4.78, 5) is 23.9. The zero-order valence-electron chi connectivity index (χ0n) is 18.9. The van der Waals surface area contributed by atoms with Gasteiger partial charge in [-0.3, -0.25) is 9.89 Å². The topological polar surface area (TPSA) is 95.5 Å². The minimum absolute atomic E-state index is 0.0384. The Morgan fingerprint density at radius 2 is 1.74 bits per heavy atom. The van der Waals surface area contributed by atoms with Crippen molar-refractivity contribution in [1.29, 1.82) is 0 Å². The molecule has 0 unspecified atom stereocenters. The van der Waals surface area contributed by atoms with Crippen LogP contribution in [0.3, 0.4) is 0 Å². The van der Waals surface area contributed by atoms with E-state index < -0.39 is 12.1 Å². The van der Waals surface area contributed by atoms with Crippen LogP contribution in [0.1, 0.15) is 27.2 Å². The lowest BCUT2D eigenvalue weighted by molar-refractivity contribution is -0.192. The van der Waals surface area contributed by atoms with Gasteiger partial charge in [0.25, 0.3) is 5.91 Å². The van der Waals surface area contributed by atoms with Gasteiger partial charge in [-0.05, 0) is 31.5 Å². The minimum Gasteiger partial charge on any atom is -0.496 e. The number of hydrogen-bond donors (Lipinski definition) is 2. The molecule has 2 N–H and O–H groups in total. The first-order valence-corrected chi connectivity index (χ1v) is 10.9. The highest BCUT2D eigenvalue weighted by molar-refractivity contribution is 6.30. The van der Waals surface area contributed by atoms with Crippen molar-refractivity contribution in [2.75, 3.05) is 20.2 Å². The average molecular weight is 510 g/mol. The normalized spacial score (nSPS) is 13.3. The van der Waals surface area contributed by atoms with Gasteiger partial charge in [-0.2, -0.15) is 18.3 Å². The van der Waals surface area contributed by atoms with E-state index in [1.54, 1.807) is 25.3 Å². The molecule has 0 radical (unpaired) electrons. The predicted molar refractivity (Wildman–Crippen MR) is 124 cm³/mol. The SMILES string of the molecule is COc1cc(Cl)ccc1C(=O)N1CCc2[nH]nc(-c3ccc(C)cc3)c2CC1.O=C(O)C(F)(F)F. The Hall–Kier alpha value is -3.53. The van der Waals surface area contributed by atoms with E-state index in [1.807, 2.05) is 4.90 Å². The van der Waals surface area contributed by atoms with Gasteiger partial charge in [0.05, 0.1) is 18.4 Å². The summed E-state index contributed by atoms with van der Waals surface area (Å²) in [6, 6.07) is 13.5. The molecule has 1 aromatic heterocycles. The molecule has 1 aliphatic rings. The summed E-state index contributed by atoms with van der Waals surface area (Å²) >= 11 is 6.03. The Morgan fingerprint density at radius 1 is 1.11 bits per heavy atom. The number of methoxy groups -OCH3 is 1. The molecule has 186 valence electrons. The van der Waals surface area contributed by atoms with E-state index >= 15 is 0 Å². The van der Waals surface area contributed by atoms with Crippen LogP contribution in [0.25, 0.3) is 11.3 Å². The second-order valence-corrected chi connectivity index (χ2v) is 8.27. The number of aromatic amines is 1. The van der Waals surface area contributed by atoms with Crippen LogP contribution in [0.4, 0.5) is 13.2 Å². The Labute approximate surface area is 204 Å². The number of aliphatic carboxylic acids is 1. The quantitative estimate of drug-likeness (QED) is 0.522. The van der Waals surface area contributed by atoms with Crippen LogP contribution in [-0.2, 0) is 17.6 Å². The molecule has 11 heteroatoms. The van der Waals surface area contributed by atoms with Crippen molar-refractivity contribution in [1.82, 2.24) is 15.1 Å². The number of ether oxygens (including phenoxy) is 1. The van der Waals surface area contributed by atoms with Crippen LogP contribution < -0.4 is 4.74 Å². The number of alkyl halides is 3. The number of rotatable bonds is 3. The number of carbonyl (C=O) groups is 2. The van der Waals surface area contributed by atoms with E-state index in [9.17, 15) is 18.0 Å². The molecule has 4 rings (SSSR count). The van der Waals surface area contributed by atoms with Crippen molar-refractivity contribution in [3.05, 3.63) is 69.9 Å². The Balaban J connectivity index is 0.000000429. The van der Waals surface area contributed by atoms with E-state index in [1.165, 1.54) is 11.1 Å². The third kappa shape index (κ3) is 6.33. The molecule has 0 saturated heterocycles. The minimum atomic E-state index is -5.08. The van der Waals surface area contributed by atoms with Crippen molar-refractivity contribution in [2.24, 2.45) is 0 Å². The molecule has 0 fully saturated rings. The highest BCUT2D eigenvalue weighted by Gasteiger charge is 2.38. The number of aryl methyl sites for hydroxylation is 1. The molecule has 0 spiro atoms. The number of aromatic nitrogens is 2. The molecule has 0 aliphatic carbocycles. The Morgan fingerprint density at radius 3 is 2.34 bits per heavy atom. The van der Waals surface area contributed by atoms with Gasteiger partial charge in [-0.1, -0.05) is 41.4 Å². The first-order chi connectivity index (χ1) is 16.5. The fourth-order valence-electron chi connectivity index (χ4n) is 3.65. The zero-order valence-corrected chi connectivity index (χ0v) is 19.7. The van der Waals surface area contributed by atoms with Crippen molar-refractivity contribution < 1.29 is 32.6 Å². The highest BCUT2D eigenvalue weighted by atomic mass is 35.5. The number of nitrogens with one attached hydrogen (secondary N) is 1. The first kappa shape index (κ1) is 26.1. The Bertz CT molecular complexity index is 1210. The number of hydrogen-bond acceptors (Lipinski definition) is 4. The van der Waals surface area contributed by atoms with Crippen LogP contribution in [-0.4, -0.2) is 58.5 Å². The number of halogens is 4. The fraction of sp³-hybridized carbons (Fsp3) is 0.292. The fourth-order valence-corrected chi connectivity index (χ4v) is 3.81. The van der Waals surface area contributed by atoms with Crippen molar-refractivity contribution >= 4 is 23.5 Å². The number of nitrogens with zero attached hydrogens (tertiary/aromatic N) is 2. The number of carbonyl (C=O) groups excluding carboxylic acids is 1. The third-order valence-electron chi connectivity index (χ3n) is 5.46. The van der Waals surface area contributed by atoms with E-state index in [-0.39, 0.29) is 5.91 Å². The van der Waals surface area contributed by atoms with E-state index in [2.05, 4.69) is 41.4 Å². The van der Waals surface area contributed by atoms with Gasteiger partial charge in [0, 0.05) is 41.4 Å². The summed E-state index contributed by atoms with van der Waals surface area (Å²) in [5, 5.41) is 15.4. The first-order valence-electron chi connectivity index (χ1n) is 10.6. The summed E-state index contributed by atoms with van der Waals surface area (Å²) in [6.07, 6.45) is -3.58. The van der Waals surface area contributed by atoms with Crippen molar-refractivity contribution in [3.8, 4) is 17.0 Å². The average Bonchev–Trinajstić information content (AvgIpc) is 3.09. The maximum Gasteiger partial charge on any atom is 0.490 e. The van der Waals surface area contributed by atoms with Gasteiger partial charge < -0.3 is 14.7 Å². The van der Waals surface area contributed by atoms with E-state index in [4.69, 9.17) is 26.2 Å². The summed E-state index contributed by atoms with van der Waals surface area (Å²) < 4.78 is 37.1. The predicted octanol–water partition coefficient (Wildman–Crippen LogP) is 4.92. The number of H-pyrrole nitrogens is 1. The second-order valence-electron chi connectivity index (χ2n) is 7.84. The molecule has 0 saturated carbocycles. The largest absolute Gasteiger partial charge is 0.496 e. The monoisotopic (exact) mass is 509 g/mol. The van der Waals surface area contributed by atoms with Crippen LogP contribution in [0.15, 0.2) is 42.5 Å². The van der Waals surface area contributed by atoms with Gasteiger partial charge in [0.2, 0.25) is 0 Å². The van der Waals surface area contributed by atoms with Crippen molar-refractivity contribution in [2.45, 2.75) is 25.9 Å². The standard InChI is InChI=1S/C22H22ClN3O2.C2HF3O2/c1-14-3-5-15(6-4-14)21-17-9-11-26(12-10-19(17)24-25-21)22(27)18-8-7-16(23)13-20(18)28-2;3-2(4,5)1(6)7/h3-8,13H,9-12H2,1-2H3,(H,24,25);(H,6,7). The van der Waals surface area contributed by atoms with Crippen molar-refractivity contribution in [3.63, 3.8) is 0 Å².